The first-order valence-corrected chi connectivity index (χ1v) is 10.6. The maximum absolute atomic E-state index is 9.85. The van der Waals surface area contributed by atoms with Crippen molar-refractivity contribution in [3.8, 4) is 5.75 Å². The van der Waals surface area contributed by atoms with Crippen molar-refractivity contribution in [3.63, 3.8) is 0 Å². The van der Waals surface area contributed by atoms with E-state index in [0.29, 0.717) is 10.5 Å². The zero-order chi connectivity index (χ0) is 16.0. The lowest BCUT2D eigenvalue weighted by molar-refractivity contribution is 0.0712. The first-order chi connectivity index (χ1) is 11.1. The summed E-state index contributed by atoms with van der Waals surface area (Å²) < 4.78 is 0.562. The first kappa shape index (κ1) is 15.9. The van der Waals surface area contributed by atoms with Crippen molar-refractivity contribution in [1.29, 1.82) is 0 Å². The van der Waals surface area contributed by atoms with Gasteiger partial charge in [0.1, 0.15) is 5.75 Å². The molecule has 1 nitrogen and oxygen atoms in total. The predicted octanol–water partition coefficient (Wildman–Crippen LogP) is 5.76. The zero-order valence-corrected chi connectivity index (χ0v) is 15.4. The van der Waals surface area contributed by atoms with Gasteiger partial charge in [0, 0.05) is 4.75 Å². The van der Waals surface area contributed by atoms with Crippen molar-refractivity contribution >= 4 is 11.8 Å². The van der Waals surface area contributed by atoms with E-state index < -0.39 is 0 Å². The van der Waals surface area contributed by atoms with Crippen LogP contribution in [-0.2, 0) is 6.42 Å². The second-order valence-electron chi connectivity index (χ2n) is 8.15. The molecule has 0 bridgehead atoms. The number of fused-ring (bicyclic) bond motifs is 3. The van der Waals surface area contributed by atoms with Crippen LogP contribution in [0.3, 0.4) is 0 Å². The monoisotopic (exact) mass is 330 g/mol. The van der Waals surface area contributed by atoms with Gasteiger partial charge in [-0.25, -0.2) is 0 Å². The largest absolute Gasteiger partial charge is 0.508 e. The van der Waals surface area contributed by atoms with Crippen LogP contribution < -0.4 is 0 Å². The molecule has 1 heterocycles. The lowest BCUT2D eigenvalue weighted by atomic mass is 9.55. The van der Waals surface area contributed by atoms with E-state index in [2.05, 4.69) is 31.7 Å². The van der Waals surface area contributed by atoms with Crippen LogP contribution in [0.25, 0.3) is 0 Å². The molecule has 0 aromatic heterocycles. The molecule has 1 saturated heterocycles. The van der Waals surface area contributed by atoms with Gasteiger partial charge in [-0.05, 0) is 84.8 Å². The Morgan fingerprint density at radius 2 is 2.17 bits per heavy atom. The molecule has 2 fully saturated rings. The van der Waals surface area contributed by atoms with E-state index in [0.717, 1.165) is 23.7 Å². The van der Waals surface area contributed by atoms with Gasteiger partial charge in [-0.1, -0.05) is 32.8 Å². The number of hydrogen-bond donors (Lipinski definition) is 1. The number of thioether (sulfide) groups is 1. The van der Waals surface area contributed by atoms with Crippen molar-refractivity contribution in [1.82, 2.24) is 0 Å². The van der Waals surface area contributed by atoms with Crippen molar-refractivity contribution in [2.75, 3.05) is 5.75 Å². The minimum atomic E-state index is 0.446. The van der Waals surface area contributed by atoms with Gasteiger partial charge in [-0.15, -0.1) is 0 Å². The molecule has 3 aliphatic rings. The summed E-state index contributed by atoms with van der Waals surface area (Å²) in [7, 11) is 0. The van der Waals surface area contributed by atoms with Crippen LogP contribution >= 0.6 is 11.8 Å². The molecule has 1 saturated carbocycles. The quantitative estimate of drug-likeness (QED) is 0.760. The van der Waals surface area contributed by atoms with E-state index in [1.54, 1.807) is 5.56 Å². The highest BCUT2D eigenvalue weighted by atomic mass is 32.2. The lowest BCUT2D eigenvalue weighted by Crippen LogP contribution is -2.53. The molecular weight excluding hydrogens is 300 g/mol. The second-order valence-corrected chi connectivity index (χ2v) is 9.66. The average molecular weight is 331 g/mol. The number of benzene rings is 1. The van der Waals surface area contributed by atoms with Crippen LogP contribution in [0.2, 0.25) is 0 Å². The van der Waals surface area contributed by atoms with E-state index in [9.17, 15) is 5.11 Å². The number of phenolic OH excluding ortho intramolecular Hbond substituents is 1. The third kappa shape index (κ3) is 2.52. The molecule has 0 radical (unpaired) electrons. The number of phenols is 1. The van der Waals surface area contributed by atoms with Crippen LogP contribution in [0.4, 0.5) is 0 Å². The van der Waals surface area contributed by atoms with Gasteiger partial charge in [-0.3, -0.25) is 0 Å². The molecule has 2 aliphatic carbocycles. The summed E-state index contributed by atoms with van der Waals surface area (Å²) in [5, 5.41) is 9.85. The summed E-state index contributed by atoms with van der Waals surface area (Å²) in [6, 6.07) is 6.19. The van der Waals surface area contributed by atoms with Gasteiger partial charge in [-0.2, -0.15) is 11.8 Å². The fraction of sp³-hybridized carbons (Fsp3) is 0.714. The molecule has 4 rings (SSSR count). The second kappa shape index (κ2) is 6.02. The Balaban J connectivity index is 1.69. The number of hydrogen-bond acceptors (Lipinski definition) is 2. The molecule has 1 aromatic carbocycles. The van der Waals surface area contributed by atoms with E-state index in [1.165, 1.54) is 56.3 Å². The summed E-state index contributed by atoms with van der Waals surface area (Å²) in [6.45, 7) is 4.90. The SMILES string of the molecule is CCCCC1C2CCc3cc(O)ccc3C2CC2(CCS2)C1C. The molecule has 1 aliphatic heterocycles. The third-order valence-corrected chi connectivity index (χ3v) is 8.91. The zero-order valence-electron chi connectivity index (χ0n) is 14.6. The average Bonchev–Trinajstić information content (AvgIpc) is 2.51. The van der Waals surface area contributed by atoms with Crippen molar-refractivity contribution < 1.29 is 5.11 Å². The van der Waals surface area contributed by atoms with Gasteiger partial charge in [0.05, 0.1) is 0 Å². The molecule has 1 aromatic rings. The van der Waals surface area contributed by atoms with Crippen LogP contribution in [0.15, 0.2) is 18.2 Å². The van der Waals surface area contributed by atoms with Gasteiger partial charge in [0.25, 0.3) is 0 Å². The predicted molar refractivity (Wildman–Crippen MR) is 99.3 cm³/mol. The summed E-state index contributed by atoms with van der Waals surface area (Å²) in [5.41, 5.74) is 2.99. The van der Waals surface area contributed by atoms with Crippen LogP contribution in [0.5, 0.6) is 5.75 Å². The summed E-state index contributed by atoms with van der Waals surface area (Å²) in [6.07, 6.45) is 9.45. The first-order valence-electron chi connectivity index (χ1n) is 9.60. The molecule has 23 heavy (non-hydrogen) atoms. The standard InChI is InChI=1S/C21H30OS/c1-3-4-5-17-14(2)21(10-11-23-21)13-20-18-9-7-16(22)12-15(18)6-8-19(17)20/h7,9,12,14,17,19-20,22H,3-6,8,10-11,13H2,1-2H3. The van der Waals surface area contributed by atoms with Crippen LogP contribution in [0.1, 0.15) is 69.4 Å². The Labute approximate surface area is 145 Å². The Hall–Kier alpha value is -0.630. The number of rotatable bonds is 3. The topological polar surface area (TPSA) is 20.2 Å². The molecule has 2 heteroatoms. The van der Waals surface area contributed by atoms with E-state index in [-0.39, 0.29) is 0 Å². The van der Waals surface area contributed by atoms with Gasteiger partial charge >= 0.3 is 0 Å². The molecule has 5 atom stereocenters. The third-order valence-electron chi connectivity index (χ3n) is 7.18. The normalized spacial score (nSPS) is 38.7. The molecule has 0 amide bonds. The highest BCUT2D eigenvalue weighted by Crippen LogP contribution is 2.63. The lowest BCUT2D eigenvalue weighted by Gasteiger charge is -2.59. The number of aromatic hydroxyl groups is 1. The summed E-state index contributed by atoms with van der Waals surface area (Å²) >= 11 is 2.26. The van der Waals surface area contributed by atoms with Gasteiger partial charge in [0.2, 0.25) is 0 Å². The molecule has 1 N–H and O–H groups in total. The van der Waals surface area contributed by atoms with Crippen molar-refractivity contribution in [3.05, 3.63) is 29.3 Å². The van der Waals surface area contributed by atoms with Gasteiger partial charge < -0.3 is 5.11 Å². The molecule has 126 valence electrons. The minimum Gasteiger partial charge on any atom is -0.508 e. The Morgan fingerprint density at radius 3 is 2.87 bits per heavy atom. The minimum absolute atomic E-state index is 0.446. The Kier molecular flexibility index (Phi) is 4.16. The fourth-order valence-corrected chi connectivity index (χ4v) is 7.27. The Bertz CT molecular complexity index is 577. The van der Waals surface area contributed by atoms with Crippen molar-refractivity contribution in [2.24, 2.45) is 17.8 Å². The van der Waals surface area contributed by atoms with Crippen LogP contribution in [0, 0.1) is 17.8 Å². The number of unbranched alkanes of at least 4 members (excludes halogenated alkanes) is 1. The highest BCUT2D eigenvalue weighted by Gasteiger charge is 2.54. The van der Waals surface area contributed by atoms with E-state index >= 15 is 0 Å². The molecule has 5 unspecified atom stereocenters. The Morgan fingerprint density at radius 1 is 1.35 bits per heavy atom. The summed E-state index contributed by atoms with van der Waals surface area (Å²) in [4.78, 5) is 0. The van der Waals surface area contributed by atoms with Crippen molar-refractivity contribution in [2.45, 2.75) is 69.5 Å². The maximum Gasteiger partial charge on any atom is 0.115 e. The van der Waals surface area contributed by atoms with Gasteiger partial charge in [0.15, 0.2) is 0 Å². The fourth-order valence-electron chi connectivity index (χ4n) is 5.81. The highest BCUT2D eigenvalue weighted by molar-refractivity contribution is 8.02. The molecular formula is C21H30OS. The summed E-state index contributed by atoms with van der Waals surface area (Å²) in [5.74, 6) is 5.22. The van der Waals surface area contributed by atoms with E-state index in [1.807, 2.05) is 12.1 Å². The number of aryl methyl sites for hydroxylation is 1. The molecule has 1 spiro atoms. The van der Waals surface area contributed by atoms with E-state index in [4.69, 9.17) is 0 Å². The smallest absolute Gasteiger partial charge is 0.115 e. The maximum atomic E-state index is 9.85. The van der Waals surface area contributed by atoms with Crippen LogP contribution in [-0.4, -0.2) is 15.6 Å².